The number of nitrogens with two attached hydrogens (primary N) is 1. The third-order valence-corrected chi connectivity index (χ3v) is 4.78. The zero-order valence-corrected chi connectivity index (χ0v) is 17.2. The number of guanidine groups is 1. The van der Waals surface area contributed by atoms with Gasteiger partial charge in [0.15, 0.2) is 5.96 Å². The van der Waals surface area contributed by atoms with Crippen molar-refractivity contribution in [3.63, 3.8) is 0 Å². The molecule has 2 heterocycles. The van der Waals surface area contributed by atoms with Gasteiger partial charge in [-0.15, -0.1) is 24.0 Å². The number of nitrogens with zero attached hydrogens (tertiary/aromatic N) is 2. The monoisotopic (exact) mass is 459 g/mol. The summed E-state index contributed by atoms with van der Waals surface area (Å²) in [5.74, 6) is 0.682. The van der Waals surface area contributed by atoms with Gasteiger partial charge >= 0.3 is 0 Å². The van der Waals surface area contributed by atoms with Crippen molar-refractivity contribution in [3.05, 3.63) is 35.4 Å². The molecule has 6 heteroatoms. The van der Waals surface area contributed by atoms with Gasteiger partial charge in [-0.3, -0.25) is 0 Å². The van der Waals surface area contributed by atoms with Crippen LogP contribution < -0.4 is 5.73 Å². The molecule has 0 aromatic heterocycles. The molecule has 0 atom stereocenters. The Balaban J connectivity index is 0.00000225. The number of piperidine rings is 1. The molecule has 0 amide bonds. The summed E-state index contributed by atoms with van der Waals surface area (Å²) in [6.07, 6.45) is 6.09. The molecule has 0 radical (unpaired) electrons. The molecular weight excluding hydrogens is 429 g/mol. The molecule has 0 saturated carbocycles. The van der Waals surface area contributed by atoms with Crippen molar-refractivity contribution in [2.45, 2.75) is 51.4 Å². The first-order valence-corrected chi connectivity index (χ1v) is 9.13. The number of rotatable bonds is 5. The molecule has 0 unspecified atom stereocenters. The average molecular weight is 459 g/mol. The quantitative estimate of drug-likeness (QED) is 0.417. The number of halogens is 1. The average Bonchev–Trinajstić information content (AvgIpc) is 2.67. The largest absolute Gasteiger partial charge is 0.381 e. The van der Waals surface area contributed by atoms with Crippen molar-refractivity contribution in [1.82, 2.24) is 4.90 Å². The summed E-state index contributed by atoms with van der Waals surface area (Å²) in [6.45, 7) is 5.03. The third kappa shape index (κ3) is 6.75. The second-order valence-corrected chi connectivity index (χ2v) is 6.66. The van der Waals surface area contributed by atoms with E-state index in [0.717, 1.165) is 39.1 Å². The van der Waals surface area contributed by atoms with Gasteiger partial charge in [0, 0.05) is 26.3 Å². The zero-order valence-electron chi connectivity index (χ0n) is 14.9. The van der Waals surface area contributed by atoms with E-state index < -0.39 is 0 Å². The molecule has 0 bridgehead atoms. The van der Waals surface area contributed by atoms with E-state index in [1.54, 1.807) is 0 Å². The highest BCUT2D eigenvalue weighted by atomic mass is 127. The highest BCUT2D eigenvalue weighted by Gasteiger charge is 2.14. The van der Waals surface area contributed by atoms with Crippen LogP contribution in [0.5, 0.6) is 0 Å². The lowest BCUT2D eigenvalue weighted by Crippen LogP contribution is -2.40. The molecule has 0 aliphatic carbocycles. The molecule has 2 fully saturated rings. The van der Waals surface area contributed by atoms with Gasteiger partial charge in [0.25, 0.3) is 0 Å². The summed E-state index contributed by atoms with van der Waals surface area (Å²) in [4.78, 5) is 6.74. The second kappa shape index (κ2) is 11.0. The lowest BCUT2D eigenvalue weighted by Gasteiger charge is -2.27. The molecule has 3 rings (SSSR count). The standard InChI is InChI=1S/C19H29N3O2.HI/c20-19(22-10-2-1-3-11-22)21-14-16-4-6-17(7-5-16)15-24-18-8-12-23-13-9-18;/h4-7,18H,1-3,8-15H2,(H2,20,21);1H. The van der Waals surface area contributed by atoms with E-state index >= 15 is 0 Å². The van der Waals surface area contributed by atoms with E-state index in [9.17, 15) is 0 Å². The number of benzene rings is 1. The van der Waals surface area contributed by atoms with Crippen molar-refractivity contribution in [1.29, 1.82) is 0 Å². The van der Waals surface area contributed by atoms with Crippen molar-refractivity contribution in [2.75, 3.05) is 26.3 Å². The van der Waals surface area contributed by atoms with E-state index in [1.165, 1.54) is 30.4 Å². The number of aliphatic imine (C=N–C) groups is 1. The Morgan fingerprint density at radius 3 is 2.40 bits per heavy atom. The minimum Gasteiger partial charge on any atom is -0.381 e. The number of ether oxygens (including phenoxy) is 2. The summed E-state index contributed by atoms with van der Waals surface area (Å²) >= 11 is 0. The van der Waals surface area contributed by atoms with Gasteiger partial charge in [-0.2, -0.15) is 0 Å². The first kappa shape index (κ1) is 20.5. The van der Waals surface area contributed by atoms with E-state index in [4.69, 9.17) is 15.2 Å². The van der Waals surface area contributed by atoms with E-state index in [-0.39, 0.29) is 24.0 Å². The summed E-state index contributed by atoms with van der Waals surface area (Å²) in [7, 11) is 0. The van der Waals surface area contributed by atoms with Gasteiger partial charge in [-0.1, -0.05) is 24.3 Å². The van der Waals surface area contributed by atoms with Gasteiger partial charge in [-0.25, -0.2) is 4.99 Å². The van der Waals surface area contributed by atoms with Crippen LogP contribution in [0.2, 0.25) is 0 Å². The summed E-state index contributed by atoms with van der Waals surface area (Å²) in [5.41, 5.74) is 8.49. The van der Waals surface area contributed by atoms with Crippen LogP contribution in [0.4, 0.5) is 0 Å². The topological polar surface area (TPSA) is 60.1 Å². The fraction of sp³-hybridized carbons (Fsp3) is 0.632. The van der Waals surface area contributed by atoms with Crippen LogP contribution in [0.1, 0.15) is 43.2 Å². The van der Waals surface area contributed by atoms with Crippen LogP contribution in [0.15, 0.2) is 29.3 Å². The van der Waals surface area contributed by atoms with Gasteiger partial charge < -0.3 is 20.1 Å². The number of hydrogen-bond acceptors (Lipinski definition) is 3. The molecule has 25 heavy (non-hydrogen) atoms. The van der Waals surface area contributed by atoms with Crippen LogP contribution in [-0.4, -0.2) is 43.3 Å². The van der Waals surface area contributed by atoms with Crippen molar-refractivity contribution >= 4 is 29.9 Å². The molecule has 1 aromatic rings. The molecule has 2 aliphatic heterocycles. The van der Waals surface area contributed by atoms with Crippen LogP contribution >= 0.6 is 24.0 Å². The summed E-state index contributed by atoms with van der Waals surface area (Å²) < 4.78 is 11.3. The minimum absolute atomic E-state index is 0. The van der Waals surface area contributed by atoms with Crippen molar-refractivity contribution in [3.8, 4) is 0 Å². The normalized spacial score (nSPS) is 19.5. The lowest BCUT2D eigenvalue weighted by molar-refractivity contribution is -0.0390. The molecule has 1 aromatic carbocycles. The Hall–Kier alpha value is -0.860. The molecule has 5 nitrogen and oxygen atoms in total. The van der Waals surface area contributed by atoms with E-state index in [0.29, 0.717) is 25.2 Å². The molecule has 0 spiro atoms. The van der Waals surface area contributed by atoms with E-state index in [1.807, 2.05) is 0 Å². The maximum atomic E-state index is 6.10. The van der Waals surface area contributed by atoms with Crippen LogP contribution in [0.3, 0.4) is 0 Å². The third-order valence-electron chi connectivity index (χ3n) is 4.78. The predicted molar refractivity (Wildman–Crippen MR) is 111 cm³/mol. The van der Waals surface area contributed by atoms with Crippen LogP contribution in [0.25, 0.3) is 0 Å². The lowest BCUT2D eigenvalue weighted by atomic mass is 10.1. The SMILES string of the molecule is I.NC(=NCc1ccc(COC2CCOCC2)cc1)N1CCCCC1. The fourth-order valence-electron chi connectivity index (χ4n) is 3.19. The Bertz CT molecular complexity index is 524. The van der Waals surface area contributed by atoms with Crippen LogP contribution in [0, 0.1) is 0 Å². The molecule has 2 N–H and O–H groups in total. The minimum atomic E-state index is 0. The zero-order chi connectivity index (χ0) is 16.6. The highest BCUT2D eigenvalue weighted by molar-refractivity contribution is 14.0. The van der Waals surface area contributed by atoms with Gasteiger partial charge in [0.1, 0.15) is 0 Å². The predicted octanol–water partition coefficient (Wildman–Crippen LogP) is 3.30. The van der Waals surface area contributed by atoms with Crippen molar-refractivity contribution in [2.24, 2.45) is 10.7 Å². The Labute approximate surface area is 168 Å². The molecule has 2 aliphatic rings. The van der Waals surface area contributed by atoms with Crippen LogP contribution in [-0.2, 0) is 22.6 Å². The van der Waals surface area contributed by atoms with E-state index in [2.05, 4.69) is 34.2 Å². The number of hydrogen-bond donors (Lipinski definition) is 1. The first-order valence-electron chi connectivity index (χ1n) is 9.13. The second-order valence-electron chi connectivity index (χ2n) is 6.66. The Kier molecular flexibility index (Phi) is 8.98. The summed E-state index contributed by atoms with van der Waals surface area (Å²) in [5, 5.41) is 0. The Morgan fingerprint density at radius 2 is 1.72 bits per heavy atom. The summed E-state index contributed by atoms with van der Waals surface area (Å²) in [6, 6.07) is 8.49. The molecule has 140 valence electrons. The first-order chi connectivity index (χ1) is 11.8. The Morgan fingerprint density at radius 1 is 1.08 bits per heavy atom. The maximum Gasteiger partial charge on any atom is 0.191 e. The fourth-order valence-corrected chi connectivity index (χ4v) is 3.19. The maximum absolute atomic E-state index is 6.10. The molecule has 2 saturated heterocycles. The van der Waals surface area contributed by atoms with Gasteiger partial charge in [0.05, 0.1) is 19.3 Å². The van der Waals surface area contributed by atoms with Crippen molar-refractivity contribution < 1.29 is 9.47 Å². The smallest absolute Gasteiger partial charge is 0.191 e. The molecular formula is C19H30IN3O2. The number of likely N-dealkylation sites (tertiary alicyclic amines) is 1. The van der Waals surface area contributed by atoms with Gasteiger partial charge in [-0.05, 0) is 43.2 Å². The van der Waals surface area contributed by atoms with Gasteiger partial charge in [0.2, 0.25) is 0 Å². The highest BCUT2D eigenvalue weighted by Crippen LogP contribution is 2.14.